The van der Waals surface area contributed by atoms with Gasteiger partial charge in [-0.1, -0.05) is 0 Å². The van der Waals surface area contributed by atoms with E-state index in [4.69, 9.17) is 0 Å². The van der Waals surface area contributed by atoms with Crippen LogP contribution in [0.25, 0.3) is 10.2 Å². The minimum atomic E-state index is -0.0755. The summed E-state index contributed by atoms with van der Waals surface area (Å²) in [5.74, 6) is 1.62. The summed E-state index contributed by atoms with van der Waals surface area (Å²) in [5, 5.41) is 10.6. The summed E-state index contributed by atoms with van der Waals surface area (Å²) in [6.45, 7) is 3.79. The number of hydrogen-bond acceptors (Lipinski definition) is 6. The number of carbonyl (C=O) groups is 1. The molecule has 3 aromatic rings. The lowest BCUT2D eigenvalue weighted by molar-refractivity contribution is 0.208. The highest BCUT2D eigenvalue weighted by Gasteiger charge is 2.24. The number of urea groups is 1. The zero-order chi connectivity index (χ0) is 18.2. The van der Waals surface area contributed by atoms with E-state index in [1.54, 1.807) is 17.7 Å². The Balaban J connectivity index is 1.23. The third-order valence-corrected chi connectivity index (χ3v) is 6.08. The van der Waals surface area contributed by atoms with Crippen LogP contribution in [0.15, 0.2) is 23.8 Å². The number of hydrogen-bond donors (Lipinski definition) is 1. The van der Waals surface area contributed by atoms with Crippen molar-refractivity contribution in [3.05, 3.63) is 29.5 Å². The molecule has 0 saturated carbocycles. The minimum Gasteiger partial charge on any atom is -0.352 e. The summed E-state index contributed by atoms with van der Waals surface area (Å²) in [4.78, 5) is 26.5. The van der Waals surface area contributed by atoms with Gasteiger partial charge < -0.3 is 9.80 Å². The average Bonchev–Trinajstić information content (AvgIpc) is 3.34. The van der Waals surface area contributed by atoms with Gasteiger partial charge in [0, 0.05) is 44.5 Å². The van der Waals surface area contributed by atoms with Crippen molar-refractivity contribution >= 4 is 39.2 Å². The number of fused-ring (bicyclic) bond motifs is 2. The second kappa shape index (κ2) is 6.80. The number of nitrogens with zero attached hydrogens (tertiary/aromatic N) is 6. The third-order valence-electron chi connectivity index (χ3n) is 5.26. The fourth-order valence-corrected chi connectivity index (χ4v) is 4.55. The normalized spacial score (nSPS) is 17.2. The molecule has 2 amide bonds. The van der Waals surface area contributed by atoms with Crippen molar-refractivity contribution in [3.8, 4) is 0 Å². The van der Waals surface area contributed by atoms with Crippen LogP contribution in [0, 0.1) is 0 Å². The van der Waals surface area contributed by atoms with Gasteiger partial charge in [0.05, 0.1) is 5.39 Å². The average molecular weight is 383 g/mol. The van der Waals surface area contributed by atoms with E-state index < -0.39 is 0 Å². The lowest BCUT2D eigenvalue weighted by Crippen LogP contribution is -2.50. The highest BCUT2D eigenvalue weighted by Crippen LogP contribution is 2.27. The second-order valence-electron chi connectivity index (χ2n) is 6.94. The van der Waals surface area contributed by atoms with E-state index in [9.17, 15) is 4.79 Å². The Morgan fingerprint density at radius 1 is 1.11 bits per heavy atom. The Morgan fingerprint density at radius 2 is 2.00 bits per heavy atom. The standard InChI is InChI=1S/C18H21N7OS/c26-18(21-15-11-13-3-1-2-5-25(13)22-15)24-8-6-23(7-9-24)16-14-4-10-27-17(14)20-12-19-16/h4,10-12H,1-3,5-9H2,(H,21,22,26). The molecule has 140 valence electrons. The van der Waals surface area contributed by atoms with E-state index >= 15 is 0 Å². The van der Waals surface area contributed by atoms with Crippen LogP contribution in [0.1, 0.15) is 18.5 Å². The molecule has 5 rings (SSSR count). The molecule has 5 heterocycles. The van der Waals surface area contributed by atoms with Crippen LogP contribution in [-0.4, -0.2) is 56.9 Å². The molecule has 1 N–H and O–H groups in total. The maximum absolute atomic E-state index is 12.6. The van der Waals surface area contributed by atoms with Crippen LogP contribution < -0.4 is 10.2 Å². The highest BCUT2D eigenvalue weighted by atomic mass is 32.1. The largest absolute Gasteiger partial charge is 0.352 e. The molecule has 0 spiro atoms. The molecule has 9 heteroatoms. The van der Waals surface area contributed by atoms with Crippen molar-refractivity contribution in [1.82, 2.24) is 24.6 Å². The molecule has 0 aromatic carbocycles. The molecule has 0 atom stereocenters. The Kier molecular flexibility index (Phi) is 4.16. The third kappa shape index (κ3) is 3.12. The summed E-state index contributed by atoms with van der Waals surface area (Å²) >= 11 is 1.62. The van der Waals surface area contributed by atoms with Gasteiger partial charge in [0.25, 0.3) is 0 Å². The second-order valence-corrected chi connectivity index (χ2v) is 7.84. The van der Waals surface area contributed by atoms with E-state index in [1.165, 1.54) is 12.1 Å². The highest BCUT2D eigenvalue weighted by molar-refractivity contribution is 7.16. The van der Waals surface area contributed by atoms with Gasteiger partial charge in [-0.15, -0.1) is 11.3 Å². The first-order valence-corrected chi connectivity index (χ1v) is 10.2. The number of amides is 2. The minimum absolute atomic E-state index is 0.0755. The molecule has 3 aromatic heterocycles. The molecule has 2 aliphatic heterocycles. The summed E-state index contributed by atoms with van der Waals surface area (Å²) in [5.41, 5.74) is 1.21. The van der Waals surface area contributed by atoms with Crippen LogP contribution in [0.3, 0.4) is 0 Å². The predicted molar refractivity (Wildman–Crippen MR) is 105 cm³/mol. The number of nitrogens with one attached hydrogen (secondary N) is 1. The van der Waals surface area contributed by atoms with Gasteiger partial charge in [0.2, 0.25) is 0 Å². The SMILES string of the molecule is O=C(Nc1cc2n(n1)CCCC2)N1CCN(c2ncnc3sccc23)CC1. The van der Waals surface area contributed by atoms with Crippen LogP contribution in [0.5, 0.6) is 0 Å². The summed E-state index contributed by atoms with van der Waals surface area (Å²) in [6.07, 6.45) is 5.01. The Labute approximate surface area is 160 Å². The lowest BCUT2D eigenvalue weighted by atomic mass is 10.1. The van der Waals surface area contributed by atoms with Gasteiger partial charge in [-0.05, 0) is 30.7 Å². The van der Waals surface area contributed by atoms with Crippen LogP contribution in [0.4, 0.5) is 16.4 Å². The van der Waals surface area contributed by atoms with Gasteiger partial charge in [0.1, 0.15) is 17.0 Å². The van der Waals surface area contributed by atoms with Gasteiger partial charge in [-0.2, -0.15) is 5.10 Å². The summed E-state index contributed by atoms with van der Waals surface area (Å²) in [7, 11) is 0. The first-order chi connectivity index (χ1) is 13.3. The molecular formula is C18H21N7OS. The quantitative estimate of drug-likeness (QED) is 0.736. The molecule has 1 fully saturated rings. The Bertz CT molecular complexity index is 950. The van der Waals surface area contributed by atoms with Gasteiger partial charge in [0.15, 0.2) is 5.82 Å². The number of aromatic nitrogens is 4. The maximum atomic E-state index is 12.6. The zero-order valence-corrected chi connectivity index (χ0v) is 15.8. The smallest absolute Gasteiger partial charge is 0.323 e. The van der Waals surface area contributed by atoms with Crippen molar-refractivity contribution in [2.24, 2.45) is 0 Å². The van der Waals surface area contributed by atoms with Crippen molar-refractivity contribution in [2.75, 3.05) is 36.4 Å². The van der Waals surface area contributed by atoms with Gasteiger partial charge in [-0.25, -0.2) is 14.8 Å². The Hall–Kier alpha value is -2.68. The van der Waals surface area contributed by atoms with Gasteiger partial charge >= 0.3 is 6.03 Å². The van der Waals surface area contributed by atoms with E-state index in [2.05, 4.69) is 31.3 Å². The number of anilines is 2. The van der Waals surface area contributed by atoms with E-state index in [0.29, 0.717) is 18.9 Å². The first-order valence-electron chi connectivity index (χ1n) is 9.34. The molecule has 1 saturated heterocycles. The van der Waals surface area contributed by atoms with Crippen molar-refractivity contribution in [3.63, 3.8) is 0 Å². The number of aryl methyl sites for hydroxylation is 2. The van der Waals surface area contributed by atoms with Crippen molar-refractivity contribution < 1.29 is 4.79 Å². The monoisotopic (exact) mass is 383 g/mol. The molecule has 8 nitrogen and oxygen atoms in total. The Morgan fingerprint density at radius 3 is 2.85 bits per heavy atom. The predicted octanol–water partition coefficient (Wildman–Crippen LogP) is 2.58. The maximum Gasteiger partial charge on any atom is 0.323 e. The molecule has 0 radical (unpaired) electrons. The fourth-order valence-electron chi connectivity index (χ4n) is 3.82. The molecule has 2 aliphatic rings. The lowest BCUT2D eigenvalue weighted by Gasteiger charge is -2.35. The van der Waals surface area contributed by atoms with E-state index in [0.717, 1.165) is 48.5 Å². The number of carbonyl (C=O) groups excluding carboxylic acids is 1. The molecule has 0 unspecified atom stereocenters. The topological polar surface area (TPSA) is 79.2 Å². The van der Waals surface area contributed by atoms with Crippen molar-refractivity contribution in [1.29, 1.82) is 0 Å². The van der Waals surface area contributed by atoms with Crippen LogP contribution >= 0.6 is 11.3 Å². The van der Waals surface area contributed by atoms with Crippen LogP contribution in [-0.2, 0) is 13.0 Å². The number of rotatable bonds is 2. The van der Waals surface area contributed by atoms with E-state index in [-0.39, 0.29) is 6.03 Å². The molecule has 27 heavy (non-hydrogen) atoms. The van der Waals surface area contributed by atoms with Crippen molar-refractivity contribution in [2.45, 2.75) is 25.8 Å². The molecule has 0 aliphatic carbocycles. The number of piperazine rings is 1. The van der Waals surface area contributed by atoms with Gasteiger partial charge in [-0.3, -0.25) is 10.00 Å². The zero-order valence-electron chi connectivity index (χ0n) is 15.0. The molecular weight excluding hydrogens is 362 g/mol. The fraction of sp³-hybridized carbons (Fsp3) is 0.444. The summed E-state index contributed by atoms with van der Waals surface area (Å²) in [6, 6.07) is 3.99. The summed E-state index contributed by atoms with van der Waals surface area (Å²) < 4.78 is 2.01. The van der Waals surface area contributed by atoms with Crippen LogP contribution in [0.2, 0.25) is 0 Å². The first kappa shape index (κ1) is 16.5. The molecule has 0 bridgehead atoms. The number of thiophene rings is 1. The van der Waals surface area contributed by atoms with E-state index in [1.807, 2.05) is 21.0 Å².